The summed E-state index contributed by atoms with van der Waals surface area (Å²) in [4.78, 5) is 5.05. The highest BCUT2D eigenvalue weighted by Gasteiger charge is 2.36. The minimum absolute atomic E-state index is 0.647. The molecule has 28 heavy (non-hydrogen) atoms. The van der Waals surface area contributed by atoms with Crippen LogP contribution in [0, 0.1) is 27.7 Å². The van der Waals surface area contributed by atoms with Gasteiger partial charge in [0.05, 0.1) is 16.9 Å². The van der Waals surface area contributed by atoms with Gasteiger partial charge < -0.3 is 14.2 Å². The summed E-state index contributed by atoms with van der Waals surface area (Å²) in [6.07, 6.45) is 0. The van der Waals surface area contributed by atoms with Crippen LogP contribution in [0.5, 0.6) is 0 Å². The average Bonchev–Trinajstić information content (AvgIpc) is 3.21. The molecule has 0 fully saturated rings. The third-order valence-corrected chi connectivity index (χ3v) is 7.24. The highest BCUT2D eigenvalue weighted by Crippen LogP contribution is 2.40. The Morgan fingerprint density at radius 3 is 1.86 bits per heavy atom. The van der Waals surface area contributed by atoms with Crippen molar-refractivity contribution in [3.63, 3.8) is 0 Å². The quantitative estimate of drug-likeness (QED) is 0.519. The van der Waals surface area contributed by atoms with Crippen molar-refractivity contribution in [3.05, 3.63) is 37.7 Å². The Balaban J connectivity index is 2.04. The van der Waals surface area contributed by atoms with Gasteiger partial charge in [0.25, 0.3) is 0 Å². The molecular weight excluding hydrogens is 387 g/mol. The van der Waals surface area contributed by atoms with Crippen molar-refractivity contribution in [2.45, 2.75) is 66.6 Å². The lowest BCUT2D eigenvalue weighted by molar-refractivity contribution is -0.0895. The van der Waals surface area contributed by atoms with Crippen LogP contribution in [-0.2, 0) is 4.65 Å². The molecule has 0 spiro atoms. The predicted octanol–water partition coefficient (Wildman–Crippen LogP) is 5.78. The van der Waals surface area contributed by atoms with E-state index in [-0.39, 0.29) is 0 Å². The highest BCUT2D eigenvalue weighted by atomic mass is 32.1. The van der Waals surface area contributed by atoms with E-state index in [0.717, 1.165) is 16.9 Å². The Labute approximate surface area is 176 Å². The molecule has 0 aliphatic carbocycles. The normalized spacial score (nSPS) is 12.6. The van der Waals surface area contributed by atoms with Crippen molar-refractivity contribution in [1.29, 1.82) is 0 Å². The SMILES string of the molecule is Cc1cc(-c2cc([B]OC(C)(C)C(C)(C)O)oc2-c2cc(C)sc2C)c(C)s1. The fraction of sp³-hybridized carbons (Fsp3) is 0.455. The first-order valence-corrected chi connectivity index (χ1v) is 11.0. The van der Waals surface area contributed by atoms with Crippen molar-refractivity contribution in [3.8, 4) is 22.5 Å². The lowest BCUT2D eigenvalue weighted by Gasteiger charge is -2.37. The van der Waals surface area contributed by atoms with Crippen LogP contribution in [0.25, 0.3) is 22.5 Å². The molecule has 0 bridgehead atoms. The van der Waals surface area contributed by atoms with Crippen molar-refractivity contribution in [2.24, 2.45) is 0 Å². The minimum atomic E-state index is -0.982. The smallest absolute Gasteiger partial charge is 0.376 e. The molecule has 3 aromatic heterocycles. The van der Waals surface area contributed by atoms with Crippen LogP contribution in [-0.4, -0.2) is 23.8 Å². The summed E-state index contributed by atoms with van der Waals surface area (Å²) < 4.78 is 12.2. The van der Waals surface area contributed by atoms with Gasteiger partial charge in [0.15, 0.2) is 0 Å². The minimum Gasteiger partial charge on any atom is -0.468 e. The summed E-state index contributed by atoms with van der Waals surface area (Å²) in [5.41, 5.74) is 2.33. The van der Waals surface area contributed by atoms with Gasteiger partial charge in [-0.3, -0.25) is 0 Å². The first kappa shape index (κ1) is 21.4. The number of aliphatic hydroxyl groups is 1. The van der Waals surface area contributed by atoms with E-state index in [1.54, 1.807) is 44.0 Å². The van der Waals surface area contributed by atoms with Crippen molar-refractivity contribution < 1.29 is 14.2 Å². The molecule has 0 aromatic carbocycles. The maximum atomic E-state index is 10.3. The molecule has 3 rings (SSSR count). The Bertz CT molecular complexity index is 922. The van der Waals surface area contributed by atoms with Gasteiger partial charge in [0.2, 0.25) is 0 Å². The predicted molar refractivity (Wildman–Crippen MR) is 121 cm³/mol. The highest BCUT2D eigenvalue weighted by molar-refractivity contribution is 7.12. The van der Waals surface area contributed by atoms with E-state index in [2.05, 4.69) is 39.8 Å². The number of furan rings is 1. The zero-order chi connectivity index (χ0) is 20.9. The maximum Gasteiger partial charge on any atom is 0.376 e. The van der Waals surface area contributed by atoms with Crippen LogP contribution in [0.2, 0.25) is 0 Å². The molecule has 0 aliphatic heterocycles. The molecule has 3 nitrogen and oxygen atoms in total. The van der Waals surface area contributed by atoms with E-state index in [1.165, 1.54) is 25.1 Å². The Kier molecular flexibility index (Phi) is 5.72. The Morgan fingerprint density at radius 2 is 1.39 bits per heavy atom. The molecule has 0 aliphatic rings. The van der Waals surface area contributed by atoms with Gasteiger partial charge in [-0.1, -0.05) is 0 Å². The van der Waals surface area contributed by atoms with E-state index >= 15 is 0 Å². The number of thiophene rings is 2. The molecule has 3 aromatic rings. The third kappa shape index (κ3) is 4.15. The Hall–Kier alpha value is -1.34. The van der Waals surface area contributed by atoms with Gasteiger partial charge in [-0.15, -0.1) is 22.7 Å². The average molecular weight is 415 g/mol. The zero-order valence-electron chi connectivity index (χ0n) is 17.9. The fourth-order valence-corrected chi connectivity index (χ4v) is 4.83. The number of hydrogen-bond acceptors (Lipinski definition) is 5. The second-order valence-corrected chi connectivity index (χ2v) is 11.3. The molecule has 3 heterocycles. The van der Waals surface area contributed by atoms with Crippen molar-refractivity contribution >= 4 is 35.8 Å². The van der Waals surface area contributed by atoms with Crippen LogP contribution < -0.4 is 5.66 Å². The summed E-state index contributed by atoms with van der Waals surface area (Å²) in [6, 6.07) is 6.44. The summed E-state index contributed by atoms with van der Waals surface area (Å²) in [6.45, 7) is 15.7. The van der Waals surface area contributed by atoms with E-state index < -0.39 is 11.2 Å². The zero-order valence-corrected chi connectivity index (χ0v) is 19.5. The van der Waals surface area contributed by atoms with Crippen LogP contribution in [0.1, 0.15) is 47.2 Å². The van der Waals surface area contributed by atoms with E-state index in [1.807, 2.05) is 19.9 Å². The van der Waals surface area contributed by atoms with Gasteiger partial charge in [0, 0.05) is 30.6 Å². The molecule has 149 valence electrons. The molecule has 0 amide bonds. The molecule has 1 radical (unpaired) electrons. The van der Waals surface area contributed by atoms with Gasteiger partial charge in [0.1, 0.15) is 5.76 Å². The largest absolute Gasteiger partial charge is 0.468 e. The van der Waals surface area contributed by atoms with Gasteiger partial charge in [-0.25, -0.2) is 0 Å². The van der Waals surface area contributed by atoms with Crippen LogP contribution in [0.4, 0.5) is 0 Å². The molecule has 0 unspecified atom stereocenters. The van der Waals surface area contributed by atoms with Crippen molar-refractivity contribution in [1.82, 2.24) is 0 Å². The molecule has 1 N–H and O–H groups in total. The van der Waals surface area contributed by atoms with Gasteiger partial charge in [-0.05, 0) is 79.2 Å². The molecule has 0 saturated heterocycles. The monoisotopic (exact) mass is 415 g/mol. The van der Waals surface area contributed by atoms with Crippen LogP contribution in [0.3, 0.4) is 0 Å². The van der Waals surface area contributed by atoms with Gasteiger partial charge in [-0.2, -0.15) is 0 Å². The van der Waals surface area contributed by atoms with E-state index in [9.17, 15) is 5.11 Å². The lowest BCUT2D eigenvalue weighted by Crippen LogP contribution is -2.49. The van der Waals surface area contributed by atoms with E-state index in [0.29, 0.717) is 5.66 Å². The second kappa shape index (κ2) is 7.49. The molecule has 0 saturated carbocycles. The standard InChI is InChI=1S/C22H28BO3S2/c1-12-9-16(14(3)27-12)18-11-19(23-26-22(7,8)21(5,6)24)25-20(18)17-10-13(2)28-15(17)4/h9-11,24H,1-8H3. The number of hydrogen-bond donors (Lipinski definition) is 1. The second-order valence-electron chi connectivity index (χ2n) is 8.35. The molecular formula is C22H28BO3S2. The fourth-order valence-electron chi connectivity index (χ4n) is 2.97. The Morgan fingerprint density at radius 1 is 0.857 bits per heavy atom. The van der Waals surface area contributed by atoms with E-state index in [4.69, 9.17) is 9.07 Å². The number of rotatable bonds is 6. The molecule has 6 heteroatoms. The lowest BCUT2D eigenvalue weighted by atomic mass is 9.85. The molecule has 0 atom stereocenters. The first-order chi connectivity index (χ1) is 12.9. The topological polar surface area (TPSA) is 42.6 Å². The number of aryl methyl sites for hydroxylation is 4. The maximum absolute atomic E-state index is 10.3. The third-order valence-electron chi connectivity index (χ3n) is 5.31. The van der Waals surface area contributed by atoms with Gasteiger partial charge >= 0.3 is 7.48 Å². The first-order valence-electron chi connectivity index (χ1n) is 9.41. The van der Waals surface area contributed by atoms with Crippen molar-refractivity contribution in [2.75, 3.05) is 0 Å². The van der Waals surface area contributed by atoms with Crippen LogP contribution >= 0.6 is 22.7 Å². The summed E-state index contributed by atoms with van der Waals surface area (Å²) in [5, 5.41) is 10.3. The van der Waals surface area contributed by atoms with Crippen LogP contribution in [0.15, 0.2) is 22.6 Å². The summed E-state index contributed by atoms with van der Waals surface area (Å²) in [5.74, 6) is 0.874. The summed E-state index contributed by atoms with van der Waals surface area (Å²) in [7, 11) is 1.62. The summed E-state index contributed by atoms with van der Waals surface area (Å²) >= 11 is 3.57.